The van der Waals surface area contributed by atoms with E-state index < -0.39 is 0 Å². The fourth-order valence-corrected chi connectivity index (χ4v) is 6.55. The lowest BCUT2D eigenvalue weighted by Crippen LogP contribution is -2.43. The molecule has 0 radical (unpaired) electrons. The summed E-state index contributed by atoms with van der Waals surface area (Å²) in [6, 6.07) is 0. The molecule has 0 aromatic heterocycles. The van der Waals surface area contributed by atoms with Crippen LogP contribution in [0.25, 0.3) is 0 Å². The molecule has 8 heteroatoms. The lowest BCUT2D eigenvalue weighted by Gasteiger charge is -2.28. The largest absolute Gasteiger partial charge is 0.394 e. The van der Waals surface area contributed by atoms with Crippen molar-refractivity contribution in [3.63, 3.8) is 0 Å². The van der Waals surface area contributed by atoms with Gasteiger partial charge in [0.05, 0.1) is 39.6 Å². The summed E-state index contributed by atoms with van der Waals surface area (Å²) in [5.41, 5.74) is 0. The summed E-state index contributed by atoms with van der Waals surface area (Å²) in [7, 11) is 0. The van der Waals surface area contributed by atoms with Crippen LogP contribution in [0.5, 0.6) is 0 Å². The fourth-order valence-electron chi connectivity index (χ4n) is 6.55. The Bertz CT molecular complexity index is 652. The smallest absolute Gasteiger partial charge is 0.222 e. The second kappa shape index (κ2) is 40.5. The third-order valence-corrected chi connectivity index (χ3v) is 9.82. The zero-order valence-electron chi connectivity index (χ0n) is 33.3. The van der Waals surface area contributed by atoms with Crippen LogP contribution in [-0.2, 0) is 19.1 Å². The molecule has 0 aromatic rings. The molecule has 0 unspecified atom stereocenters. The van der Waals surface area contributed by atoms with E-state index in [2.05, 4.69) is 13.8 Å². The molecule has 0 saturated carbocycles. The van der Waals surface area contributed by atoms with E-state index in [0.29, 0.717) is 52.2 Å². The van der Waals surface area contributed by atoms with Crippen LogP contribution in [0.4, 0.5) is 0 Å². The van der Waals surface area contributed by atoms with E-state index in [0.717, 1.165) is 25.7 Å². The van der Waals surface area contributed by atoms with Gasteiger partial charge in [-0.05, 0) is 12.8 Å². The number of amides is 2. The molecule has 0 fully saturated rings. The van der Waals surface area contributed by atoms with E-state index in [1.165, 1.54) is 141 Å². The molecular formula is C42H84N2O6. The molecule has 2 N–H and O–H groups in total. The van der Waals surface area contributed by atoms with Crippen LogP contribution < -0.4 is 0 Å². The first-order valence-electron chi connectivity index (χ1n) is 21.5. The Labute approximate surface area is 309 Å². The minimum Gasteiger partial charge on any atom is -0.394 e. The van der Waals surface area contributed by atoms with Gasteiger partial charge in [0.2, 0.25) is 11.8 Å². The molecule has 0 aliphatic rings. The predicted molar refractivity (Wildman–Crippen MR) is 210 cm³/mol. The van der Waals surface area contributed by atoms with Gasteiger partial charge in [0.15, 0.2) is 0 Å². The zero-order valence-corrected chi connectivity index (χ0v) is 33.3. The van der Waals surface area contributed by atoms with Crippen molar-refractivity contribution >= 4 is 11.8 Å². The van der Waals surface area contributed by atoms with Crippen molar-refractivity contribution in [2.24, 2.45) is 0 Å². The fraction of sp³-hybridized carbons (Fsp3) is 0.952. The summed E-state index contributed by atoms with van der Waals surface area (Å²) in [4.78, 5) is 30.2. The second-order valence-electron chi connectivity index (χ2n) is 14.4. The van der Waals surface area contributed by atoms with Crippen molar-refractivity contribution in [1.29, 1.82) is 0 Å². The lowest BCUT2D eigenvalue weighted by atomic mass is 10.0. The van der Waals surface area contributed by atoms with Crippen LogP contribution in [0, 0.1) is 0 Å². The van der Waals surface area contributed by atoms with Gasteiger partial charge in [-0.3, -0.25) is 9.59 Å². The Morgan fingerprint density at radius 1 is 0.380 bits per heavy atom. The summed E-state index contributed by atoms with van der Waals surface area (Å²) < 4.78 is 11.0. The van der Waals surface area contributed by atoms with Gasteiger partial charge in [0, 0.05) is 39.0 Å². The van der Waals surface area contributed by atoms with Crippen molar-refractivity contribution in [3.8, 4) is 0 Å². The van der Waals surface area contributed by atoms with Gasteiger partial charge < -0.3 is 29.5 Å². The third-order valence-electron chi connectivity index (χ3n) is 9.82. The molecule has 0 spiro atoms. The Balaban J connectivity index is 4.51. The zero-order chi connectivity index (χ0) is 36.6. The Morgan fingerprint density at radius 3 is 0.900 bits per heavy atom. The maximum Gasteiger partial charge on any atom is 0.222 e. The summed E-state index contributed by atoms with van der Waals surface area (Å²) >= 11 is 0. The van der Waals surface area contributed by atoms with Crippen molar-refractivity contribution in [2.45, 2.75) is 194 Å². The first kappa shape index (κ1) is 48.8. The number of unbranched alkanes of at least 4 members (excludes halogenated alkanes) is 24. The van der Waals surface area contributed by atoms with E-state index >= 15 is 0 Å². The topological polar surface area (TPSA) is 99.5 Å². The molecule has 0 aliphatic heterocycles. The van der Waals surface area contributed by atoms with Gasteiger partial charge in [0.1, 0.15) is 0 Å². The van der Waals surface area contributed by atoms with Crippen molar-refractivity contribution in [1.82, 2.24) is 9.80 Å². The SMILES string of the molecule is CCCCCCCCCCCCCCCC(=O)N(CCOCCO)CCN(CCOCCO)C(=O)CCCCCCCCCCCCCCC. The minimum absolute atomic E-state index is 0.0395. The molecule has 298 valence electrons. The number of carbonyl (C=O) groups is 2. The van der Waals surface area contributed by atoms with Crippen LogP contribution in [0.2, 0.25) is 0 Å². The number of hydrogen-bond acceptors (Lipinski definition) is 6. The highest BCUT2D eigenvalue weighted by Crippen LogP contribution is 2.15. The van der Waals surface area contributed by atoms with Gasteiger partial charge in [0.25, 0.3) is 0 Å². The monoisotopic (exact) mass is 713 g/mol. The number of ether oxygens (including phenoxy) is 2. The summed E-state index contributed by atoms with van der Waals surface area (Å²) in [6.07, 6.45) is 34.2. The maximum atomic E-state index is 13.3. The molecule has 0 rings (SSSR count). The lowest BCUT2D eigenvalue weighted by molar-refractivity contribution is -0.136. The molecule has 2 amide bonds. The van der Waals surface area contributed by atoms with Gasteiger partial charge in [-0.1, -0.05) is 168 Å². The summed E-state index contributed by atoms with van der Waals surface area (Å²) in [5, 5.41) is 18.2. The Kier molecular flexibility index (Phi) is 39.6. The number of nitrogens with zero attached hydrogens (tertiary/aromatic N) is 2. The molecule has 50 heavy (non-hydrogen) atoms. The standard InChI is InChI=1S/C42H84N2O6/c1-3-5-7-9-11-13-15-17-19-21-23-25-27-29-41(47)43(33-37-49-39-35-45)31-32-44(34-38-50-40-36-46)42(48)30-28-26-24-22-20-18-16-14-12-10-8-6-4-2/h45-46H,3-40H2,1-2H3. The van der Waals surface area contributed by atoms with E-state index in [9.17, 15) is 9.59 Å². The number of aliphatic hydroxyl groups excluding tert-OH is 2. The molecular weight excluding hydrogens is 628 g/mol. The second-order valence-corrected chi connectivity index (χ2v) is 14.4. The van der Waals surface area contributed by atoms with Crippen LogP contribution in [0.3, 0.4) is 0 Å². The average Bonchev–Trinajstić information content (AvgIpc) is 3.12. The molecule has 0 aromatic carbocycles. The molecule has 0 atom stereocenters. The Morgan fingerprint density at radius 2 is 0.640 bits per heavy atom. The predicted octanol–water partition coefficient (Wildman–Crippen LogP) is 9.62. The van der Waals surface area contributed by atoms with Crippen LogP contribution in [0.1, 0.15) is 194 Å². The molecule has 0 saturated heterocycles. The third kappa shape index (κ3) is 33.9. The first-order chi connectivity index (χ1) is 24.6. The number of hydrogen-bond donors (Lipinski definition) is 2. The minimum atomic E-state index is -0.0395. The van der Waals surface area contributed by atoms with Gasteiger partial charge in [-0.2, -0.15) is 0 Å². The molecule has 8 nitrogen and oxygen atoms in total. The Hall–Kier alpha value is -1.22. The van der Waals surface area contributed by atoms with E-state index in [4.69, 9.17) is 19.7 Å². The van der Waals surface area contributed by atoms with Crippen LogP contribution in [-0.4, -0.2) is 97.6 Å². The normalized spacial score (nSPS) is 11.4. The molecule has 0 aliphatic carbocycles. The van der Waals surface area contributed by atoms with Crippen LogP contribution >= 0.6 is 0 Å². The van der Waals surface area contributed by atoms with E-state index in [-0.39, 0.29) is 38.2 Å². The molecule has 0 heterocycles. The number of aliphatic hydroxyl groups is 2. The first-order valence-corrected chi connectivity index (χ1v) is 21.5. The summed E-state index contributed by atoms with van der Waals surface area (Å²) in [6.45, 7) is 7.55. The highest BCUT2D eigenvalue weighted by atomic mass is 16.5. The van der Waals surface area contributed by atoms with Crippen molar-refractivity contribution < 1.29 is 29.3 Å². The molecule has 0 bridgehead atoms. The average molecular weight is 713 g/mol. The number of rotatable bonds is 41. The maximum absolute atomic E-state index is 13.3. The van der Waals surface area contributed by atoms with Gasteiger partial charge in [-0.25, -0.2) is 0 Å². The van der Waals surface area contributed by atoms with E-state index in [1.54, 1.807) is 0 Å². The highest BCUT2D eigenvalue weighted by Gasteiger charge is 2.18. The van der Waals surface area contributed by atoms with E-state index in [1.807, 2.05) is 9.80 Å². The van der Waals surface area contributed by atoms with Gasteiger partial charge >= 0.3 is 0 Å². The van der Waals surface area contributed by atoms with Gasteiger partial charge in [-0.15, -0.1) is 0 Å². The van der Waals surface area contributed by atoms with Crippen molar-refractivity contribution in [2.75, 3.05) is 65.8 Å². The highest BCUT2D eigenvalue weighted by molar-refractivity contribution is 5.77. The van der Waals surface area contributed by atoms with Crippen molar-refractivity contribution in [3.05, 3.63) is 0 Å². The number of carbonyl (C=O) groups excluding carboxylic acids is 2. The van der Waals surface area contributed by atoms with Crippen LogP contribution in [0.15, 0.2) is 0 Å². The quantitative estimate of drug-likeness (QED) is 0.0613. The summed E-state index contributed by atoms with van der Waals surface area (Å²) in [5.74, 6) is 0.224.